The van der Waals surface area contributed by atoms with Crippen molar-refractivity contribution in [1.82, 2.24) is 4.90 Å². The van der Waals surface area contributed by atoms with Crippen molar-refractivity contribution >= 4 is 23.9 Å². The predicted molar refractivity (Wildman–Crippen MR) is 71.0 cm³/mol. The number of amidine groups is 1. The molecule has 0 saturated carbocycles. The van der Waals surface area contributed by atoms with Crippen LogP contribution in [0.2, 0.25) is 0 Å². The summed E-state index contributed by atoms with van der Waals surface area (Å²) in [4.78, 5) is 24.7. The number of carboxylic acid groups (broad SMARTS) is 1. The molecule has 114 valence electrons. The lowest BCUT2D eigenvalue weighted by Gasteiger charge is -2.30. The van der Waals surface area contributed by atoms with Gasteiger partial charge in [0, 0.05) is 0 Å². The second kappa shape index (κ2) is 4.56. The quantitative estimate of drug-likeness (QED) is 0.434. The molecule has 0 radical (unpaired) electrons. The lowest BCUT2D eigenvalue weighted by Crippen LogP contribution is -2.54. The summed E-state index contributed by atoms with van der Waals surface area (Å²) >= 11 is 0. The van der Waals surface area contributed by atoms with Gasteiger partial charge in [0.25, 0.3) is 0 Å². The maximum absolute atomic E-state index is 11.0. The van der Waals surface area contributed by atoms with E-state index < -0.39 is 36.2 Å². The second-order valence-electron chi connectivity index (χ2n) is 5.23. The standard InChI is InChI=1S/C11H15N5O5/c1-11(12)7-8(13-2-15-11)16(3-14-7)9-5(18)4(17)6(21-9)10(19)20/h2,4-6,9,17-18H,3,12H2,1H3,(H,19,20)/t4-,5+,6-,9+,11?/m0/s1. The normalized spacial score (nSPS) is 41.8. The minimum Gasteiger partial charge on any atom is -0.479 e. The number of fused-ring (bicyclic) bond motifs is 1. The van der Waals surface area contributed by atoms with Crippen molar-refractivity contribution in [2.24, 2.45) is 20.7 Å². The number of ether oxygens (including phenoxy) is 1. The number of aliphatic hydroxyl groups is 2. The molecule has 3 rings (SSSR count). The van der Waals surface area contributed by atoms with Gasteiger partial charge < -0.3 is 30.7 Å². The van der Waals surface area contributed by atoms with Crippen LogP contribution in [0.25, 0.3) is 0 Å². The molecule has 5 atom stereocenters. The molecular weight excluding hydrogens is 282 g/mol. The number of carboxylic acids is 1. The molecule has 10 heteroatoms. The van der Waals surface area contributed by atoms with E-state index in [4.69, 9.17) is 15.6 Å². The number of rotatable bonds is 2. The molecule has 0 aromatic rings. The number of aliphatic carboxylic acids is 1. The van der Waals surface area contributed by atoms with Gasteiger partial charge in [-0.1, -0.05) is 0 Å². The molecule has 0 aliphatic carbocycles. The van der Waals surface area contributed by atoms with E-state index in [9.17, 15) is 15.0 Å². The average Bonchev–Trinajstić information content (AvgIpc) is 2.94. The lowest BCUT2D eigenvalue weighted by atomic mass is 10.1. The van der Waals surface area contributed by atoms with E-state index in [1.54, 1.807) is 6.92 Å². The smallest absolute Gasteiger partial charge is 0.335 e. The summed E-state index contributed by atoms with van der Waals surface area (Å²) in [5.74, 6) is -0.988. The van der Waals surface area contributed by atoms with Crippen molar-refractivity contribution < 1.29 is 24.9 Å². The summed E-state index contributed by atoms with van der Waals surface area (Å²) in [7, 11) is 0. The van der Waals surface area contributed by atoms with Crippen LogP contribution >= 0.6 is 0 Å². The summed E-state index contributed by atoms with van der Waals surface area (Å²) in [6.07, 6.45) is -4.22. The van der Waals surface area contributed by atoms with Crippen LogP contribution < -0.4 is 5.73 Å². The summed E-state index contributed by atoms with van der Waals surface area (Å²) in [6, 6.07) is 0. The van der Waals surface area contributed by atoms with Gasteiger partial charge in [-0.15, -0.1) is 0 Å². The molecular formula is C11H15N5O5. The predicted octanol–water partition coefficient (Wildman–Crippen LogP) is -2.65. The molecule has 3 aliphatic rings. The van der Waals surface area contributed by atoms with E-state index in [-0.39, 0.29) is 6.67 Å². The molecule has 1 unspecified atom stereocenters. The Hall–Kier alpha value is -1.88. The zero-order valence-electron chi connectivity index (χ0n) is 11.1. The third-order valence-corrected chi connectivity index (χ3v) is 3.64. The summed E-state index contributed by atoms with van der Waals surface area (Å²) in [6.45, 7) is 1.74. The number of nitrogens with zero attached hydrogens (tertiary/aromatic N) is 4. The van der Waals surface area contributed by atoms with Crippen molar-refractivity contribution in [3.63, 3.8) is 0 Å². The summed E-state index contributed by atoms with van der Waals surface area (Å²) < 4.78 is 5.24. The van der Waals surface area contributed by atoms with E-state index in [1.165, 1.54) is 11.2 Å². The van der Waals surface area contributed by atoms with Crippen LogP contribution in [-0.2, 0) is 9.53 Å². The first kappa shape index (κ1) is 14.1. The summed E-state index contributed by atoms with van der Waals surface area (Å²) in [5.41, 5.74) is 5.36. The molecule has 21 heavy (non-hydrogen) atoms. The van der Waals surface area contributed by atoms with E-state index in [0.717, 1.165) is 0 Å². The van der Waals surface area contributed by atoms with Gasteiger partial charge >= 0.3 is 5.97 Å². The van der Waals surface area contributed by atoms with Crippen molar-refractivity contribution in [2.45, 2.75) is 37.1 Å². The first-order valence-electron chi connectivity index (χ1n) is 6.29. The Balaban J connectivity index is 1.86. The molecule has 10 nitrogen and oxygen atoms in total. The highest BCUT2D eigenvalue weighted by molar-refractivity contribution is 6.47. The minimum atomic E-state index is -1.53. The van der Waals surface area contributed by atoms with Crippen LogP contribution in [0, 0.1) is 0 Å². The van der Waals surface area contributed by atoms with E-state index >= 15 is 0 Å². The number of aliphatic hydroxyl groups excluding tert-OH is 2. The monoisotopic (exact) mass is 297 g/mol. The van der Waals surface area contributed by atoms with Crippen LogP contribution in [0.1, 0.15) is 6.92 Å². The fraction of sp³-hybridized carbons (Fsp3) is 0.636. The highest BCUT2D eigenvalue weighted by atomic mass is 16.6. The number of carbonyl (C=O) groups is 1. The van der Waals surface area contributed by atoms with Gasteiger partial charge in [0.2, 0.25) is 0 Å². The molecule has 0 aromatic carbocycles. The number of hydrogen-bond donors (Lipinski definition) is 4. The Kier molecular flexibility index (Phi) is 3.06. The van der Waals surface area contributed by atoms with Gasteiger partial charge in [0.15, 0.2) is 23.8 Å². The van der Waals surface area contributed by atoms with E-state index in [2.05, 4.69) is 15.0 Å². The topological polar surface area (TPSA) is 153 Å². The molecule has 0 bridgehead atoms. The van der Waals surface area contributed by atoms with Gasteiger partial charge in [0.1, 0.15) is 30.9 Å². The molecule has 0 spiro atoms. The first-order chi connectivity index (χ1) is 9.83. The van der Waals surface area contributed by atoms with E-state index in [0.29, 0.717) is 11.5 Å². The Bertz CT molecular complexity index is 571. The van der Waals surface area contributed by atoms with Gasteiger partial charge in [-0.05, 0) is 6.92 Å². The van der Waals surface area contributed by atoms with Crippen LogP contribution in [0.4, 0.5) is 0 Å². The molecule has 5 N–H and O–H groups in total. The highest BCUT2D eigenvalue weighted by Crippen LogP contribution is 2.28. The first-order valence-corrected chi connectivity index (χ1v) is 6.29. The SMILES string of the molecule is CC1(N)N=CN=C2C1=NCN2[C@@H]1O[C@H](C(=O)O)[C@@H](O)[C@H]1O. The van der Waals surface area contributed by atoms with Crippen LogP contribution in [0.3, 0.4) is 0 Å². The average molecular weight is 297 g/mol. The zero-order chi connectivity index (χ0) is 15.4. The molecule has 1 fully saturated rings. The van der Waals surface area contributed by atoms with Crippen LogP contribution in [0.15, 0.2) is 15.0 Å². The van der Waals surface area contributed by atoms with Gasteiger partial charge in [-0.2, -0.15) is 0 Å². The van der Waals surface area contributed by atoms with Crippen LogP contribution in [0.5, 0.6) is 0 Å². The molecule has 1 saturated heterocycles. The zero-order valence-corrected chi connectivity index (χ0v) is 11.1. The third-order valence-electron chi connectivity index (χ3n) is 3.64. The largest absolute Gasteiger partial charge is 0.479 e. The molecule has 3 heterocycles. The fourth-order valence-electron chi connectivity index (χ4n) is 2.53. The Morgan fingerprint density at radius 3 is 2.86 bits per heavy atom. The maximum Gasteiger partial charge on any atom is 0.335 e. The highest BCUT2D eigenvalue weighted by Gasteiger charge is 2.52. The molecule has 0 amide bonds. The maximum atomic E-state index is 11.0. The number of hydrogen-bond acceptors (Lipinski definition) is 9. The number of nitrogens with two attached hydrogens (primary N) is 1. The fourth-order valence-corrected chi connectivity index (χ4v) is 2.53. The van der Waals surface area contributed by atoms with Crippen molar-refractivity contribution in [2.75, 3.05) is 6.67 Å². The number of aliphatic imine (C=N–C) groups is 3. The Morgan fingerprint density at radius 2 is 2.24 bits per heavy atom. The molecule has 0 aromatic heterocycles. The Labute approximate surface area is 119 Å². The molecule has 3 aliphatic heterocycles. The third kappa shape index (κ3) is 2.03. The van der Waals surface area contributed by atoms with E-state index in [1.807, 2.05) is 0 Å². The van der Waals surface area contributed by atoms with Gasteiger partial charge in [-0.25, -0.2) is 14.8 Å². The van der Waals surface area contributed by atoms with Gasteiger partial charge in [0.05, 0.1) is 0 Å². The van der Waals surface area contributed by atoms with Crippen molar-refractivity contribution in [3.05, 3.63) is 0 Å². The Morgan fingerprint density at radius 1 is 1.52 bits per heavy atom. The van der Waals surface area contributed by atoms with Crippen molar-refractivity contribution in [1.29, 1.82) is 0 Å². The van der Waals surface area contributed by atoms with Crippen molar-refractivity contribution in [3.8, 4) is 0 Å². The minimum absolute atomic E-state index is 0.0884. The summed E-state index contributed by atoms with van der Waals surface area (Å²) in [5, 5.41) is 28.7. The lowest BCUT2D eigenvalue weighted by molar-refractivity contribution is -0.156. The van der Waals surface area contributed by atoms with Crippen LogP contribution in [-0.4, -0.2) is 80.9 Å². The second-order valence-corrected chi connectivity index (χ2v) is 5.23. The van der Waals surface area contributed by atoms with Gasteiger partial charge in [-0.3, -0.25) is 4.99 Å².